The first-order valence-corrected chi connectivity index (χ1v) is 7.08. The molecule has 0 spiro atoms. The molecule has 0 unspecified atom stereocenters. The summed E-state index contributed by atoms with van der Waals surface area (Å²) in [6.07, 6.45) is 3.88. The van der Waals surface area contributed by atoms with E-state index in [0.29, 0.717) is 0 Å². The van der Waals surface area contributed by atoms with Crippen LogP contribution in [-0.2, 0) is 7.05 Å². The van der Waals surface area contributed by atoms with E-state index in [1.807, 2.05) is 37.4 Å². The van der Waals surface area contributed by atoms with Crippen LogP contribution in [0.3, 0.4) is 0 Å². The van der Waals surface area contributed by atoms with Crippen LogP contribution in [0.4, 0.5) is 4.39 Å². The van der Waals surface area contributed by atoms with Gasteiger partial charge in [-0.3, -0.25) is 0 Å². The van der Waals surface area contributed by atoms with Crippen LogP contribution in [0.1, 0.15) is 11.3 Å². The fourth-order valence-electron chi connectivity index (χ4n) is 2.50. The first-order valence-electron chi connectivity index (χ1n) is 7.08. The Morgan fingerprint density at radius 1 is 1.00 bits per heavy atom. The topological polar surface area (TPSA) is 13.1 Å². The summed E-state index contributed by atoms with van der Waals surface area (Å²) in [6.45, 7) is 0. The van der Waals surface area contributed by atoms with E-state index >= 15 is 0 Å². The molecule has 3 heteroatoms. The van der Waals surface area contributed by atoms with E-state index in [0.717, 1.165) is 16.8 Å². The Morgan fingerprint density at radius 2 is 1.82 bits per heavy atom. The summed E-state index contributed by atoms with van der Waals surface area (Å²) in [5.74, 6) is -0.0963. The van der Waals surface area contributed by atoms with E-state index in [4.69, 9.17) is 4.74 Å². The molecule has 0 saturated carbocycles. The van der Waals surface area contributed by atoms with Crippen molar-refractivity contribution in [3.63, 3.8) is 0 Å². The van der Waals surface area contributed by atoms with Crippen molar-refractivity contribution >= 4 is 23.1 Å². The Hall–Kier alpha value is -2.68. The minimum Gasteiger partial charge on any atom is -0.494 e. The Balaban J connectivity index is 1.95. The molecule has 3 rings (SSSR count). The molecule has 2 nitrogen and oxygen atoms in total. The van der Waals surface area contributed by atoms with Gasteiger partial charge in [0.2, 0.25) is 11.2 Å². The van der Waals surface area contributed by atoms with E-state index < -0.39 is 0 Å². The lowest BCUT2D eigenvalue weighted by molar-refractivity contribution is -0.646. The minimum atomic E-state index is -0.354. The van der Waals surface area contributed by atoms with Crippen molar-refractivity contribution in [1.82, 2.24) is 0 Å². The molecule has 2 aromatic carbocycles. The number of benzene rings is 2. The number of methoxy groups -OCH3 is 1. The van der Waals surface area contributed by atoms with Gasteiger partial charge in [-0.1, -0.05) is 18.2 Å². The number of pyridine rings is 1. The molecular weight excluding hydrogens is 277 g/mol. The van der Waals surface area contributed by atoms with Crippen LogP contribution >= 0.6 is 0 Å². The second-order valence-corrected chi connectivity index (χ2v) is 5.10. The molecule has 0 aliphatic heterocycles. The highest BCUT2D eigenvalue weighted by Crippen LogP contribution is 2.19. The van der Waals surface area contributed by atoms with Crippen LogP contribution < -0.4 is 9.30 Å². The van der Waals surface area contributed by atoms with Gasteiger partial charge in [-0.2, -0.15) is 4.57 Å². The molecule has 22 heavy (non-hydrogen) atoms. The van der Waals surface area contributed by atoms with Gasteiger partial charge in [0.05, 0.1) is 7.11 Å². The van der Waals surface area contributed by atoms with Crippen LogP contribution in [0.15, 0.2) is 54.6 Å². The summed E-state index contributed by atoms with van der Waals surface area (Å²) in [5.41, 5.74) is 3.01. The van der Waals surface area contributed by atoms with Gasteiger partial charge in [0.25, 0.3) is 0 Å². The SMILES string of the molecule is COc1ccc(/C=C/c2ccc3ccccc3[n+]2C)cc1F. The van der Waals surface area contributed by atoms with Crippen LogP contribution in [-0.4, -0.2) is 7.11 Å². The van der Waals surface area contributed by atoms with Crippen molar-refractivity contribution in [2.45, 2.75) is 0 Å². The number of aryl methyl sites for hydroxylation is 1. The molecule has 0 aliphatic carbocycles. The van der Waals surface area contributed by atoms with Gasteiger partial charge in [-0.25, -0.2) is 4.39 Å². The molecule has 1 aromatic heterocycles. The third kappa shape index (κ3) is 2.70. The average molecular weight is 294 g/mol. The smallest absolute Gasteiger partial charge is 0.212 e. The zero-order valence-corrected chi connectivity index (χ0v) is 12.6. The molecule has 0 saturated heterocycles. The first-order chi connectivity index (χ1) is 10.7. The summed E-state index contributed by atoms with van der Waals surface area (Å²) in [7, 11) is 3.49. The summed E-state index contributed by atoms with van der Waals surface area (Å²) in [4.78, 5) is 0. The largest absolute Gasteiger partial charge is 0.494 e. The molecule has 110 valence electrons. The number of ether oxygens (including phenoxy) is 1. The third-order valence-electron chi connectivity index (χ3n) is 3.74. The number of para-hydroxylation sites is 1. The van der Waals surface area contributed by atoms with Gasteiger partial charge in [0, 0.05) is 23.6 Å². The highest BCUT2D eigenvalue weighted by atomic mass is 19.1. The maximum Gasteiger partial charge on any atom is 0.212 e. The summed E-state index contributed by atoms with van der Waals surface area (Å²) in [5, 5.41) is 1.19. The molecule has 3 aromatic rings. The summed E-state index contributed by atoms with van der Waals surface area (Å²) < 4.78 is 20.7. The number of halogens is 1. The number of aromatic nitrogens is 1. The maximum atomic E-state index is 13.7. The van der Waals surface area contributed by atoms with Gasteiger partial charge in [-0.15, -0.1) is 0 Å². The zero-order chi connectivity index (χ0) is 15.5. The number of rotatable bonds is 3. The molecule has 0 bridgehead atoms. The fraction of sp³-hybridized carbons (Fsp3) is 0.105. The molecule has 0 atom stereocenters. The Kier molecular flexibility index (Phi) is 3.88. The van der Waals surface area contributed by atoms with Crippen molar-refractivity contribution in [2.24, 2.45) is 7.05 Å². The van der Waals surface area contributed by atoms with E-state index in [-0.39, 0.29) is 11.6 Å². The van der Waals surface area contributed by atoms with Crippen molar-refractivity contribution in [2.75, 3.05) is 7.11 Å². The Bertz CT molecular complexity index is 855. The predicted molar refractivity (Wildman–Crippen MR) is 87.0 cm³/mol. The van der Waals surface area contributed by atoms with Crippen LogP contribution in [0.5, 0.6) is 5.75 Å². The van der Waals surface area contributed by atoms with Gasteiger partial charge in [0.15, 0.2) is 11.6 Å². The number of hydrogen-bond acceptors (Lipinski definition) is 1. The van der Waals surface area contributed by atoms with Crippen LogP contribution in [0.2, 0.25) is 0 Å². The highest BCUT2D eigenvalue weighted by molar-refractivity contribution is 5.77. The molecular formula is C19H17FNO+. The molecule has 1 heterocycles. The lowest BCUT2D eigenvalue weighted by Crippen LogP contribution is -2.32. The molecule has 0 fully saturated rings. The quantitative estimate of drug-likeness (QED) is 0.666. The summed E-state index contributed by atoms with van der Waals surface area (Å²) >= 11 is 0. The molecule has 0 amide bonds. The lowest BCUT2D eigenvalue weighted by Gasteiger charge is -2.02. The van der Waals surface area contributed by atoms with Gasteiger partial charge < -0.3 is 4.74 Å². The molecule has 0 aliphatic rings. The highest BCUT2D eigenvalue weighted by Gasteiger charge is 2.08. The standard InChI is InChI=1S/C19H17FNO/c1-21-16(11-9-15-5-3-4-6-18(15)21)10-7-14-8-12-19(22-2)17(20)13-14/h3-13H,1-2H3/q+1/b10-7+. The monoisotopic (exact) mass is 294 g/mol. The number of hydrogen-bond donors (Lipinski definition) is 0. The molecule has 0 radical (unpaired) electrons. The normalized spacial score (nSPS) is 11.2. The van der Waals surface area contributed by atoms with Gasteiger partial charge >= 0.3 is 0 Å². The van der Waals surface area contributed by atoms with Gasteiger partial charge in [0.1, 0.15) is 7.05 Å². The summed E-state index contributed by atoms with van der Waals surface area (Å²) in [6, 6.07) is 17.3. The average Bonchev–Trinajstić information content (AvgIpc) is 2.55. The van der Waals surface area contributed by atoms with Crippen molar-refractivity contribution in [3.8, 4) is 5.75 Å². The third-order valence-corrected chi connectivity index (χ3v) is 3.74. The van der Waals surface area contributed by atoms with E-state index in [2.05, 4.69) is 28.8 Å². The lowest BCUT2D eigenvalue weighted by atomic mass is 10.1. The first kappa shape index (κ1) is 14.3. The van der Waals surface area contributed by atoms with Crippen LogP contribution in [0.25, 0.3) is 23.1 Å². The van der Waals surface area contributed by atoms with E-state index in [1.165, 1.54) is 18.6 Å². The number of fused-ring (bicyclic) bond motifs is 1. The van der Waals surface area contributed by atoms with E-state index in [1.54, 1.807) is 6.07 Å². The van der Waals surface area contributed by atoms with Crippen molar-refractivity contribution in [1.29, 1.82) is 0 Å². The fourth-order valence-corrected chi connectivity index (χ4v) is 2.50. The zero-order valence-electron chi connectivity index (χ0n) is 12.6. The van der Waals surface area contributed by atoms with Crippen LogP contribution in [0, 0.1) is 5.82 Å². The number of nitrogens with zero attached hydrogens (tertiary/aromatic N) is 1. The maximum absolute atomic E-state index is 13.7. The second-order valence-electron chi connectivity index (χ2n) is 5.10. The van der Waals surface area contributed by atoms with Crippen molar-refractivity contribution < 1.29 is 13.7 Å². The predicted octanol–water partition coefficient (Wildman–Crippen LogP) is 3.98. The van der Waals surface area contributed by atoms with Gasteiger partial charge in [-0.05, 0) is 35.9 Å². The van der Waals surface area contributed by atoms with Crippen molar-refractivity contribution in [3.05, 3.63) is 71.7 Å². The Morgan fingerprint density at radius 3 is 2.59 bits per heavy atom. The minimum absolute atomic E-state index is 0.258. The van der Waals surface area contributed by atoms with E-state index in [9.17, 15) is 4.39 Å². The molecule has 0 N–H and O–H groups in total. The Labute approximate surface area is 129 Å². The second kappa shape index (κ2) is 5.98.